The van der Waals surface area contributed by atoms with E-state index in [0.29, 0.717) is 27.9 Å². The summed E-state index contributed by atoms with van der Waals surface area (Å²) in [6, 6.07) is 12.8. The van der Waals surface area contributed by atoms with Gasteiger partial charge in [0.1, 0.15) is 0 Å². The van der Waals surface area contributed by atoms with Crippen LogP contribution in [-0.2, 0) is 4.79 Å². The number of thioether (sulfide) groups is 1. The molecule has 1 heterocycles. The fourth-order valence-electron chi connectivity index (χ4n) is 2.04. The molecule has 23 heavy (non-hydrogen) atoms. The molecule has 118 valence electrons. The molecule has 1 amide bonds. The van der Waals surface area contributed by atoms with Crippen LogP contribution in [0.25, 0.3) is 11.0 Å². The lowest BCUT2D eigenvalue weighted by Crippen LogP contribution is -2.12. The number of rotatable bonds is 5. The second kappa shape index (κ2) is 7.25. The minimum Gasteiger partial charge on any atom is -0.333 e. The van der Waals surface area contributed by atoms with Crippen LogP contribution in [-0.4, -0.2) is 21.6 Å². The van der Waals surface area contributed by atoms with Gasteiger partial charge in [-0.15, -0.1) is 0 Å². The van der Waals surface area contributed by atoms with Crippen molar-refractivity contribution in [3.05, 3.63) is 52.5 Å². The molecule has 2 aromatic carbocycles. The van der Waals surface area contributed by atoms with Crippen molar-refractivity contribution in [1.82, 2.24) is 9.97 Å². The van der Waals surface area contributed by atoms with Crippen LogP contribution in [0.3, 0.4) is 0 Å². The lowest BCUT2D eigenvalue weighted by atomic mass is 10.3. The molecule has 0 bridgehead atoms. The first-order valence-corrected chi connectivity index (χ1v) is 8.68. The molecular formula is C16H13Cl2N3OS. The second-order valence-electron chi connectivity index (χ2n) is 4.83. The lowest BCUT2D eigenvalue weighted by molar-refractivity contribution is -0.115. The van der Waals surface area contributed by atoms with E-state index >= 15 is 0 Å². The highest BCUT2D eigenvalue weighted by molar-refractivity contribution is 7.99. The Bertz CT molecular complexity index is 817. The number of fused-ring (bicyclic) bond motifs is 1. The number of H-pyrrole nitrogens is 1. The average molecular weight is 366 g/mol. The van der Waals surface area contributed by atoms with E-state index in [-0.39, 0.29) is 5.91 Å². The number of anilines is 1. The van der Waals surface area contributed by atoms with E-state index in [9.17, 15) is 4.79 Å². The number of carbonyl (C=O) groups is 1. The zero-order chi connectivity index (χ0) is 16.2. The van der Waals surface area contributed by atoms with E-state index in [1.807, 2.05) is 24.3 Å². The topological polar surface area (TPSA) is 57.8 Å². The number of halogens is 2. The minimum absolute atomic E-state index is 0.0769. The standard InChI is InChI=1S/C16H13Cl2N3OS/c17-11-6-5-10(9-12(11)18)19-15(22)7-8-23-16-20-13-3-1-2-4-14(13)21-16/h1-6,9H,7-8H2,(H,19,22)(H,20,21). The molecule has 3 aromatic rings. The van der Waals surface area contributed by atoms with Crippen molar-refractivity contribution in [2.24, 2.45) is 0 Å². The molecule has 0 saturated carbocycles. The number of amides is 1. The number of hydrogen-bond acceptors (Lipinski definition) is 3. The summed E-state index contributed by atoms with van der Waals surface area (Å²) in [5.74, 6) is 0.555. The Labute approximate surface area is 147 Å². The Morgan fingerprint density at radius 2 is 2.00 bits per heavy atom. The SMILES string of the molecule is O=C(CCSc1nc2ccccc2[nH]1)Nc1ccc(Cl)c(Cl)c1. The maximum absolute atomic E-state index is 11.9. The van der Waals surface area contributed by atoms with Crippen LogP contribution >= 0.6 is 35.0 Å². The molecule has 0 unspecified atom stereocenters. The van der Waals surface area contributed by atoms with Crippen molar-refractivity contribution in [3.8, 4) is 0 Å². The van der Waals surface area contributed by atoms with Gasteiger partial charge >= 0.3 is 0 Å². The van der Waals surface area contributed by atoms with Crippen molar-refractivity contribution < 1.29 is 4.79 Å². The van der Waals surface area contributed by atoms with Gasteiger partial charge in [-0.05, 0) is 30.3 Å². The summed E-state index contributed by atoms with van der Waals surface area (Å²) in [7, 11) is 0. The Morgan fingerprint density at radius 3 is 2.78 bits per heavy atom. The third kappa shape index (κ3) is 4.19. The maximum Gasteiger partial charge on any atom is 0.225 e. The van der Waals surface area contributed by atoms with Crippen LogP contribution in [0.4, 0.5) is 5.69 Å². The highest BCUT2D eigenvalue weighted by Crippen LogP contribution is 2.25. The predicted molar refractivity (Wildman–Crippen MR) is 96.5 cm³/mol. The van der Waals surface area contributed by atoms with Gasteiger partial charge in [0, 0.05) is 17.9 Å². The minimum atomic E-state index is -0.0769. The highest BCUT2D eigenvalue weighted by atomic mass is 35.5. The third-order valence-electron chi connectivity index (χ3n) is 3.14. The molecule has 2 N–H and O–H groups in total. The monoisotopic (exact) mass is 365 g/mol. The van der Waals surface area contributed by atoms with Crippen LogP contribution in [0, 0.1) is 0 Å². The first-order chi connectivity index (χ1) is 11.1. The van der Waals surface area contributed by atoms with E-state index in [4.69, 9.17) is 23.2 Å². The molecular weight excluding hydrogens is 353 g/mol. The van der Waals surface area contributed by atoms with Crippen LogP contribution in [0.2, 0.25) is 10.0 Å². The smallest absolute Gasteiger partial charge is 0.225 e. The fourth-order valence-corrected chi connectivity index (χ4v) is 3.16. The molecule has 3 rings (SSSR count). The summed E-state index contributed by atoms with van der Waals surface area (Å²) in [5.41, 5.74) is 2.56. The normalized spacial score (nSPS) is 10.9. The van der Waals surface area contributed by atoms with Gasteiger partial charge in [-0.2, -0.15) is 0 Å². The van der Waals surface area contributed by atoms with E-state index < -0.39 is 0 Å². The lowest BCUT2D eigenvalue weighted by Gasteiger charge is -2.05. The summed E-state index contributed by atoms with van der Waals surface area (Å²) >= 11 is 13.3. The summed E-state index contributed by atoms with van der Waals surface area (Å²) < 4.78 is 0. The molecule has 0 radical (unpaired) electrons. The molecule has 0 aliphatic rings. The number of nitrogens with one attached hydrogen (secondary N) is 2. The first kappa shape index (κ1) is 16.2. The van der Waals surface area contributed by atoms with Gasteiger partial charge in [0.15, 0.2) is 5.16 Å². The first-order valence-electron chi connectivity index (χ1n) is 6.94. The fraction of sp³-hybridized carbons (Fsp3) is 0.125. The molecule has 0 spiro atoms. The van der Waals surface area contributed by atoms with Crippen LogP contribution in [0.1, 0.15) is 6.42 Å². The van der Waals surface area contributed by atoms with Crippen LogP contribution < -0.4 is 5.32 Å². The number of hydrogen-bond donors (Lipinski definition) is 2. The summed E-state index contributed by atoms with van der Waals surface area (Å²) in [5, 5.41) is 4.49. The van der Waals surface area contributed by atoms with Gasteiger partial charge in [-0.3, -0.25) is 4.79 Å². The quantitative estimate of drug-likeness (QED) is 0.626. The number of imidazole rings is 1. The number of aromatic nitrogens is 2. The van der Waals surface area contributed by atoms with E-state index in [2.05, 4.69) is 15.3 Å². The molecule has 0 atom stereocenters. The highest BCUT2D eigenvalue weighted by Gasteiger charge is 2.07. The number of nitrogens with zero attached hydrogens (tertiary/aromatic N) is 1. The molecule has 0 fully saturated rings. The number of benzene rings is 2. The molecule has 7 heteroatoms. The van der Waals surface area contributed by atoms with Crippen LogP contribution in [0.15, 0.2) is 47.6 Å². The number of carbonyl (C=O) groups excluding carboxylic acids is 1. The summed E-state index contributed by atoms with van der Waals surface area (Å²) in [4.78, 5) is 19.6. The van der Waals surface area contributed by atoms with Gasteiger partial charge < -0.3 is 10.3 Å². The van der Waals surface area contributed by atoms with Gasteiger partial charge in [0.25, 0.3) is 0 Å². The van der Waals surface area contributed by atoms with Crippen molar-refractivity contribution >= 4 is 57.6 Å². The van der Waals surface area contributed by atoms with Crippen molar-refractivity contribution in [3.63, 3.8) is 0 Å². The molecule has 1 aromatic heterocycles. The number of para-hydroxylation sites is 2. The zero-order valence-corrected chi connectivity index (χ0v) is 14.3. The van der Waals surface area contributed by atoms with E-state index in [1.54, 1.807) is 18.2 Å². The Hall–Kier alpha value is -1.69. The Kier molecular flexibility index (Phi) is 5.10. The molecule has 0 aliphatic heterocycles. The summed E-state index contributed by atoms with van der Waals surface area (Å²) in [6.45, 7) is 0. The van der Waals surface area contributed by atoms with Gasteiger partial charge in [-0.25, -0.2) is 4.98 Å². The van der Waals surface area contributed by atoms with E-state index in [1.165, 1.54) is 11.8 Å². The Morgan fingerprint density at radius 1 is 1.17 bits per heavy atom. The van der Waals surface area contributed by atoms with E-state index in [0.717, 1.165) is 16.2 Å². The van der Waals surface area contributed by atoms with Crippen molar-refractivity contribution in [2.45, 2.75) is 11.6 Å². The second-order valence-corrected chi connectivity index (χ2v) is 6.73. The zero-order valence-electron chi connectivity index (χ0n) is 12.0. The average Bonchev–Trinajstić information content (AvgIpc) is 2.93. The van der Waals surface area contributed by atoms with Gasteiger partial charge in [0.2, 0.25) is 5.91 Å². The maximum atomic E-state index is 11.9. The third-order valence-corrected chi connectivity index (χ3v) is 4.75. The predicted octanol–water partition coefficient (Wildman–Crippen LogP) is 4.99. The molecule has 0 aliphatic carbocycles. The van der Waals surface area contributed by atoms with Gasteiger partial charge in [-0.1, -0.05) is 47.1 Å². The van der Waals surface area contributed by atoms with Crippen molar-refractivity contribution in [1.29, 1.82) is 0 Å². The summed E-state index contributed by atoms with van der Waals surface area (Å²) in [6.07, 6.45) is 0.377. The molecule has 0 saturated heterocycles. The van der Waals surface area contributed by atoms with Crippen molar-refractivity contribution in [2.75, 3.05) is 11.1 Å². The largest absolute Gasteiger partial charge is 0.333 e. The molecule has 4 nitrogen and oxygen atoms in total. The Balaban J connectivity index is 1.51. The van der Waals surface area contributed by atoms with Crippen LogP contribution in [0.5, 0.6) is 0 Å². The van der Waals surface area contributed by atoms with Gasteiger partial charge in [0.05, 0.1) is 21.1 Å². The number of aromatic amines is 1.